The third-order valence-electron chi connectivity index (χ3n) is 4.10. The normalized spacial score (nSPS) is 12.0. The van der Waals surface area contributed by atoms with E-state index in [9.17, 15) is 0 Å². The van der Waals surface area contributed by atoms with Crippen molar-refractivity contribution in [2.45, 2.75) is 79.5 Å². The van der Waals surface area contributed by atoms with Gasteiger partial charge in [-0.15, -0.1) is 0 Å². The van der Waals surface area contributed by atoms with Crippen LogP contribution in [0.5, 0.6) is 0 Å². The summed E-state index contributed by atoms with van der Waals surface area (Å²) in [5.41, 5.74) is 0. The summed E-state index contributed by atoms with van der Waals surface area (Å²) < 4.78 is 11.5. The molecule has 1 aromatic rings. The Morgan fingerprint density at radius 2 is 1.42 bits per heavy atom. The van der Waals surface area contributed by atoms with Gasteiger partial charge in [0, 0.05) is 0 Å². The van der Waals surface area contributed by atoms with Crippen LogP contribution in [-0.4, -0.2) is 23.4 Å². The molecule has 0 aliphatic heterocycles. The van der Waals surface area contributed by atoms with Gasteiger partial charge in [0.05, 0.1) is 0 Å². The van der Waals surface area contributed by atoms with Crippen molar-refractivity contribution in [3.8, 4) is 0 Å². The second-order valence-corrected chi connectivity index (χ2v) is 18.7. The quantitative estimate of drug-likeness (QED) is 0.538. The van der Waals surface area contributed by atoms with E-state index < -0.39 is 18.4 Å². The molecule has 110 valence electrons. The van der Waals surface area contributed by atoms with Crippen LogP contribution in [0.1, 0.15) is 65.1 Å². The summed E-state index contributed by atoms with van der Waals surface area (Å²) in [6, 6.07) is 0. The Morgan fingerprint density at radius 3 is 1.74 bits per heavy atom. The first-order chi connectivity index (χ1) is 9.18. The molecule has 3 heteroatoms. The molecule has 19 heavy (non-hydrogen) atoms. The Kier molecular flexibility index (Phi) is 8.12. The number of nitrogens with zero attached hydrogens (tertiary/aromatic N) is 1. The van der Waals surface area contributed by atoms with Crippen LogP contribution < -0.4 is 3.91 Å². The molecule has 0 saturated carbocycles. The van der Waals surface area contributed by atoms with Gasteiger partial charge < -0.3 is 0 Å². The average molecular weight is 372 g/mol. The van der Waals surface area contributed by atoms with Crippen LogP contribution in [0.4, 0.5) is 0 Å². The van der Waals surface area contributed by atoms with Gasteiger partial charge in [0.15, 0.2) is 0 Å². The molecule has 0 N–H and O–H groups in total. The number of hydrogen-bond acceptors (Lipinski definition) is 2. The van der Waals surface area contributed by atoms with Crippen molar-refractivity contribution in [1.29, 1.82) is 0 Å². The third-order valence-corrected chi connectivity index (χ3v) is 18.6. The van der Waals surface area contributed by atoms with Crippen molar-refractivity contribution >= 4 is 22.3 Å². The molecule has 0 atom stereocenters. The molecule has 0 saturated heterocycles. The van der Waals surface area contributed by atoms with Gasteiger partial charge in [-0.25, -0.2) is 0 Å². The summed E-state index contributed by atoms with van der Waals surface area (Å²) in [6.07, 6.45) is 9.94. The molecule has 1 heterocycles. The van der Waals surface area contributed by atoms with Gasteiger partial charge in [0.1, 0.15) is 0 Å². The Bertz CT molecular complexity index is 326. The van der Waals surface area contributed by atoms with Crippen LogP contribution in [0.3, 0.4) is 0 Å². The van der Waals surface area contributed by atoms with Crippen molar-refractivity contribution < 1.29 is 4.42 Å². The van der Waals surface area contributed by atoms with Crippen molar-refractivity contribution in [2.75, 3.05) is 0 Å². The van der Waals surface area contributed by atoms with Crippen molar-refractivity contribution in [1.82, 2.24) is 4.98 Å². The van der Waals surface area contributed by atoms with E-state index in [1.807, 2.05) is 13.1 Å². The Morgan fingerprint density at radius 1 is 0.947 bits per heavy atom. The first-order valence-electron chi connectivity index (χ1n) is 8.11. The minimum atomic E-state index is -2.35. The standard InChI is InChI=1S/C4H4NO.3C4H9.Sn/c1-4-2-5-3-6-4;3*1-3-4-2;/h2H,1H3;3*1,3-4H2,2H3;. The number of rotatable bonds is 10. The zero-order chi connectivity index (χ0) is 14.1. The predicted octanol–water partition coefficient (Wildman–Crippen LogP) is 5.04. The molecule has 1 aromatic heterocycles. The van der Waals surface area contributed by atoms with Crippen LogP contribution in [0.15, 0.2) is 10.6 Å². The molecule has 0 spiro atoms. The summed E-state index contributed by atoms with van der Waals surface area (Å²) in [6.45, 7) is 8.94. The SMILES string of the molecule is CCC[CH2][Sn]([CH2]CCC)([CH2]CCC)[c]1ncc(C)o1. The van der Waals surface area contributed by atoms with Gasteiger partial charge in [-0.2, -0.15) is 0 Å². The van der Waals surface area contributed by atoms with Crippen LogP contribution in [0.2, 0.25) is 13.3 Å². The summed E-state index contributed by atoms with van der Waals surface area (Å²) in [5.74, 6) is 1.00. The fourth-order valence-corrected chi connectivity index (χ4v) is 17.7. The minimum absolute atomic E-state index is 1.00. The van der Waals surface area contributed by atoms with Crippen LogP contribution >= 0.6 is 0 Å². The fourth-order valence-electron chi connectivity index (χ4n) is 2.84. The molecular formula is C16H31NOSn. The van der Waals surface area contributed by atoms with E-state index in [1.54, 1.807) is 0 Å². The van der Waals surface area contributed by atoms with E-state index >= 15 is 0 Å². The molecule has 0 aromatic carbocycles. The molecule has 0 aliphatic carbocycles. The zero-order valence-electron chi connectivity index (χ0n) is 13.3. The van der Waals surface area contributed by atoms with Gasteiger partial charge in [-0.05, 0) is 0 Å². The van der Waals surface area contributed by atoms with E-state index in [-0.39, 0.29) is 0 Å². The number of aromatic nitrogens is 1. The van der Waals surface area contributed by atoms with Crippen LogP contribution in [-0.2, 0) is 0 Å². The Hall–Kier alpha value is 0.00870. The Labute approximate surface area is 123 Å². The molecule has 0 bridgehead atoms. The van der Waals surface area contributed by atoms with Crippen molar-refractivity contribution in [3.63, 3.8) is 0 Å². The van der Waals surface area contributed by atoms with Gasteiger partial charge in [0.2, 0.25) is 0 Å². The first kappa shape index (κ1) is 17.1. The van der Waals surface area contributed by atoms with Gasteiger partial charge in [0.25, 0.3) is 0 Å². The molecule has 0 unspecified atom stereocenters. The van der Waals surface area contributed by atoms with Gasteiger partial charge in [-0.3, -0.25) is 0 Å². The molecule has 1 rings (SSSR count). The first-order valence-corrected chi connectivity index (χ1v) is 15.6. The van der Waals surface area contributed by atoms with Crippen LogP contribution in [0, 0.1) is 6.92 Å². The summed E-state index contributed by atoms with van der Waals surface area (Å²) in [4.78, 5) is 4.67. The predicted molar refractivity (Wildman–Crippen MR) is 85.8 cm³/mol. The van der Waals surface area contributed by atoms with Gasteiger partial charge in [-0.1, -0.05) is 0 Å². The fraction of sp³-hybridized carbons (Fsp3) is 0.812. The maximum absolute atomic E-state index is 6.02. The number of oxazole rings is 1. The van der Waals surface area contributed by atoms with E-state index in [0.717, 1.165) is 5.76 Å². The van der Waals surface area contributed by atoms with Crippen molar-refractivity contribution in [2.24, 2.45) is 0 Å². The number of aryl methyl sites for hydroxylation is 1. The second kappa shape index (κ2) is 9.04. The van der Waals surface area contributed by atoms with E-state index in [2.05, 4.69) is 25.8 Å². The van der Waals surface area contributed by atoms with Crippen molar-refractivity contribution in [3.05, 3.63) is 12.0 Å². The monoisotopic (exact) mass is 373 g/mol. The average Bonchev–Trinajstić information content (AvgIpc) is 2.85. The van der Waals surface area contributed by atoms with E-state index in [0.29, 0.717) is 0 Å². The summed E-state index contributed by atoms with van der Waals surface area (Å²) in [5, 5.41) is 0. The van der Waals surface area contributed by atoms with Crippen LogP contribution in [0.25, 0.3) is 0 Å². The second-order valence-electron chi connectivity index (χ2n) is 5.87. The third kappa shape index (κ3) is 5.13. The van der Waals surface area contributed by atoms with Gasteiger partial charge >= 0.3 is 123 Å². The maximum atomic E-state index is 6.02. The van der Waals surface area contributed by atoms with E-state index in [4.69, 9.17) is 4.42 Å². The molecule has 0 radical (unpaired) electrons. The van der Waals surface area contributed by atoms with E-state index in [1.165, 1.54) is 55.7 Å². The summed E-state index contributed by atoms with van der Waals surface area (Å²) in [7, 11) is 0. The molecule has 0 amide bonds. The molecule has 0 fully saturated rings. The number of unbranched alkanes of at least 4 members (excludes halogenated alkanes) is 3. The zero-order valence-corrected chi connectivity index (χ0v) is 16.2. The number of hydrogen-bond donors (Lipinski definition) is 0. The summed E-state index contributed by atoms with van der Waals surface area (Å²) >= 11 is -2.35. The molecular weight excluding hydrogens is 341 g/mol. The Balaban J connectivity index is 2.93. The molecule has 0 aliphatic rings. The molecule has 2 nitrogen and oxygen atoms in total. The topological polar surface area (TPSA) is 26.0 Å².